The first-order valence-corrected chi connectivity index (χ1v) is 6.31. The third-order valence-electron chi connectivity index (χ3n) is 2.99. The zero-order valence-corrected chi connectivity index (χ0v) is 11.9. The molecule has 0 aromatic heterocycles. The molecule has 19 heavy (non-hydrogen) atoms. The molecule has 1 aliphatic rings. The molecule has 110 valence electrons. The molecule has 8 heteroatoms. The lowest BCUT2D eigenvalue weighted by Crippen LogP contribution is -2.51. The fourth-order valence-electron chi connectivity index (χ4n) is 2.36. The Morgan fingerprint density at radius 3 is 2.79 bits per heavy atom. The lowest BCUT2D eigenvalue weighted by molar-refractivity contribution is -0.190. The highest BCUT2D eigenvalue weighted by atomic mass is 16.7. The molecule has 1 fully saturated rings. The predicted molar refractivity (Wildman–Crippen MR) is 72.6 cm³/mol. The van der Waals surface area contributed by atoms with Crippen LogP contribution < -0.4 is 11.6 Å². The largest absolute Gasteiger partial charge is 0.385 e. The minimum absolute atomic E-state index is 0.0552. The summed E-state index contributed by atoms with van der Waals surface area (Å²) < 4.78 is 0. The smallest absolute Gasteiger partial charge is 0.243 e. The molecular weight excluding hydrogens is 248 g/mol. The van der Waals surface area contributed by atoms with Gasteiger partial charge in [0.25, 0.3) is 0 Å². The monoisotopic (exact) mass is 272 g/mol. The van der Waals surface area contributed by atoms with E-state index in [1.54, 1.807) is 7.05 Å². The van der Waals surface area contributed by atoms with Crippen LogP contribution in [0.15, 0.2) is 5.10 Å². The maximum atomic E-state index is 11.5. The first-order chi connectivity index (χ1) is 8.93. The number of carbonyl (C=O) groups is 1. The summed E-state index contributed by atoms with van der Waals surface area (Å²) >= 11 is 0. The number of carbonyl (C=O) groups excluding carboxylic acids is 1. The molecule has 0 spiro atoms. The van der Waals surface area contributed by atoms with Gasteiger partial charge in [0, 0.05) is 20.5 Å². The highest BCUT2D eigenvalue weighted by molar-refractivity contribution is 5.82. The molecule has 1 rings (SSSR count). The Morgan fingerprint density at radius 1 is 1.58 bits per heavy atom. The van der Waals surface area contributed by atoms with Gasteiger partial charge in [0.05, 0.1) is 19.7 Å². The second-order valence-electron chi connectivity index (χ2n) is 4.72. The van der Waals surface area contributed by atoms with Gasteiger partial charge >= 0.3 is 0 Å². The van der Waals surface area contributed by atoms with E-state index >= 15 is 0 Å². The van der Waals surface area contributed by atoms with Crippen molar-refractivity contribution in [3.63, 3.8) is 0 Å². The number of nitrogens with zero attached hydrogens (tertiary/aromatic N) is 4. The van der Waals surface area contributed by atoms with Gasteiger partial charge in [-0.25, -0.2) is 16.0 Å². The third-order valence-corrected chi connectivity index (χ3v) is 2.99. The van der Waals surface area contributed by atoms with Gasteiger partial charge in [-0.3, -0.25) is 14.5 Å². The maximum absolute atomic E-state index is 11.5. The van der Waals surface area contributed by atoms with Crippen molar-refractivity contribution < 1.29 is 9.63 Å². The summed E-state index contributed by atoms with van der Waals surface area (Å²) in [7, 11) is 3.13. The highest BCUT2D eigenvalue weighted by Gasteiger charge is 2.27. The van der Waals surface area contributed by atoms with E-state index in [1.807, 2.05) is 0 Å². The van der Waals surface area contributed by atoms with Crippen LogP contribution in [0.3, 0.4) is 0 Å². The number of likely N-dealkylation sites (tertiary alicyclic amines) is 1. The van der Waals surface area contributed by atoms with Crippen molar-refractivity contribution in [2.75, 3.05) is 33.8 Å². The van der Waals surface area contributed by atoms with Gasteiger partial charge in [0.2, 0.25) is 5.91 Å². The molecule has 1 saturated heterocycles. The van der Waals surface area contributed by atoms with Crippen molar-refractivity contribution in [1.82, 2.24) is 15.1 Å². The van der Waals surface area contributed by atoms with E-state index < -0.39 is 0 Å². The molecule has 0 aliphatic carbocycles. The van der Waals surface area contributed by atoms with Crippen LogP contribution in [0.1, 0.15) is 19.8 Å². The zero-order chi connectivity index (χ0) is 14.4. The highest BCUT2D eigenvalue weighted by Crippen LogP contribution is 2.16. The van der Waals surface area contributed by atoms with Crippen LogP contribution >= 0.6 is 0 Å². The number of rotatable bonds is 5. The first kappa shape index (κ1) is 15.7. The van der Waals surface area contributed by atoms with Crippen molar-refractivity contribution >= 4 is 11.7 Å². The van der Waals surface area contributed by atoms with E-state index in [2.05, 4.69) is 10.0 Å². The molecule has 1 amide bonds. The molecule has 0 bridgehead atoms. The van der Waals surface area contributed by atoms with Crippen molar-refractivity contribution in [2.24, 2.45) is 16.7 Å². The molecule has 0 aromatic carbocycles. The number of hydrazine groups is 1. The fourth-order valence-corrected chi connectivity index (χ4v) is 2.36. The number of hydrogen-bond acceptors (Lipinski definition) is 6. The number of amidine groups is 1. The van der Waals surface area contributed by atoms with Gasteiger partial charge in [-0.15, -0.1) is 5.10 Å². The Balaban J connectivity index is 2.57. The molecule has 0 radical (unpaired) electrons. The SMILES string of the molecule is CON(C(C)=O)C1CCCN(C/C(N)=N/N(C)N)C1. The summed E-state index contributed by atoms with van der Waals surface area (Å²) in [6.07, 6.45) is 1.92. The fraction of sp³-hybridized carbons (Fsp3) is 0.818. The van der Waals surface area contributed by atoms with Crippen LogP contribution in [-0.2, 0) is 9.63 Å². The van der Waals surface area contributed by atoms with Gasteiger partial charge in [-0.1, -0.05) is 0 Å². The quantitative estimate of drug-likeness (QED) is 0.286. The molecule has 0 saturated carbocycles. The van der Waals surface area contributed by atoms with Crippen LogP contribution in [-0.4, -0.2) is 66.7 Å². The van der Waals surface area contributed by atoms with Crippen LogP contribution in [0, 0.1) is 0 Å². The van der Waals surface area contributed by atoms with Gasteiger partial charge in [0.1, 0.15) is 5.84 Å². The van der Waals surface area contributed by atoms with Crippen molar-refractivity contribution in [3.05, 3.63) is 0 Å². The van der Waals surface area contributed by atoms with Crippen LogP contribution in [0.25, 0.3) is 0 Å². The number of hydrazone groups is 1. The molecular formula is C11H24N6O2. The van der Waals surface area contributed by atoms with Gasteiger partial charge in [0.15, 0.2) is 0 Å². The Bertz CT molecular complexity index is 333. The van der Waals surface area contributed by atoms with Crippen LogP contribution in [0.5, 0.6) is 0 Å². The second-order valence-corrected chi connectivity index (χ2v) is 4.72. The average Bonchev–Trinajstić information content (AvgIpc) is 2.28. The summed E-state index contributed by atoms with van der Waals surface area (Å²) in [6, 6.07) is 0.0552. The lowest BCUT2D eigenvalue weighted by atomic mass is 10.1. The van der Waals surface area contributed by atoms with Crippen molar-refractivity contribution in [1.29, 1.82) is 0 Å². The average molecular weight is 272 g/mol. The summed E-state index contributed by atoms with van der Waals surface area (Å²) in [5.74, 6) is 5.78. The minimum Gasteiger partial charge on any atom is -0.385 e. The molecule has 8 nitrogen and oxygen atoms in total. The topological polar surface area (TPSA) is 100 Å². The number of hydroxylamine groups is 2. The van der Waals surface area contributed by atoms with Crippen molar-refractivity contribution in [3.8, 4) is 0 Å². The van der Waals surface area contributed by atoms with E-state index in [1.165, 1.54) is 24.2 Å². The van der Waals surface area contributed by atoms with E-state index in [9.17, 15) is 4.79 Å². The van der Waals surface area contributed by atoms with E-state index in [4.69, 9.17) is 16.4 Å². The van der Waals surface area contributed by atoms with E-state index in [-0.39, 0.29) is 11.9 Å². The normalized spacial score (nSPS) is 21.3. The molecule has 1 unspecified atom stereocenters. The maximum Gasteiger partial charge on any atom is 0.243 e. The van der Waals surface area contributed by atoms with Crippen molar-refractivity contribution in [2.45, 2.75) is 25.8 Å². The second kappa shape index (κ2) is 7.27. The number of nitrogens with two attached hydrogens (primary N) is 2. The van der Waals surface area contributed by atoms with E-state index in [0.717, 1.165) is 25.9 Å². The molecule has 1 aliphatic heterocycles. The Labute approximate surface area is 113 Å². The standard InChI is InChI=1S/C11H24N6O2/c1-9(18)17(19-3)10-5-4-6-16(7-10)8-11(12)14-15(2)13/h10H,4-8,13H2,1-3H3,(H2,12,14). The summed E-state index contributed by atoms with van der Waals surface area (Å²) in [5, 5.41) is 6.56. The van der Waals surface area contributed by atoms with Gasteiger partial charge in [-0.05, 0) is 19.4 Å². The number of hydrogen-bond donors (Lipinski definition) is 2. The van der Waals surface area contributed by atoms with Crippen LogP contribution in [0.2, 0.25) is 0 Å². The van der Waals surface area contributed by atoms with Gasteiger partial charge < -0.3 is 5.73 Å². The van der Waals surface area contributed by atoms with Gasteiger partial charge in [-0.2, -0.15) is 0 Å². The Kier molecular flexibility index (Phi) is 6.00. The third kappa shape index (κ3) is 5.01. The number of piperidine rings is 1. The summed E-state index contributed by atoms with van der Waals surface area (Å²) in [5.41, 5.74) is 5.79. The Morgan fingerprint density at radius 2 is 2.26 bits per heavy atom. The zero-order valence-electron chi connectivity index (χ0n) is 11.9. The summed E-state index contributed by atoms with van der Waals surface area (Å²) in [6.45, 7) is 3.68. The van der Waals surface area contributed by atoms with E-state index in [0.29, 0.717) is 12.4 Å². The summed E-state index contributed by atoms with van der Waals surface area (Å²) in [4.78, 5) is 18.7. The first-order valence-electron chi connectivity index (χ1n) is 6.31. The molecule has 4 N–H and O–H groups in total. The lowest BCUT2D eigenvalue weighted by Gasteiger charge is -2.37. The Hall–Kier alpha value is -1.38. The molecule has 1 heterocycles. The minimum atomic E-state index is -0.0855. The molecule has 0 aromatic rings. The number of amides is 1. The molecule has 1 atom stereocenters. The predicted octanol–water partition coefficient (Wildman–Crippen LogP) is -1.06. The van der Waals surface area contributed by atoms with Crippen LogP contribution in [0.4, 0.5) is 0 Å².